The second-order valence-corrected chi connectivity index (χ2v) is 8.89. The number of hydrogen-bond acceptors (Lipinski definition) is 8. The van der Waals surface area contributed by atoms with Crippen molar-refractivity contribution < 1.29 is 19.4 Å². The van der Waals surface area contributed by atoms with Crippen LogP contribution in [0.1, 0.15) is 49.0 Å². The minimum absolute atomic E-state index is 0.154. The van der Waals surface area contributed by atoms with Gasteiger partial charge in [0.2, 0.25) is 0 Å². The number of rotatable bonds is 8. The molecular weight excluding hydrogens is 451 g/mol. The lowest BCUT2D eigenvalue weighted by molar-refractivity contribution is -0.00177. The first kappa shape index (κ1) is 24.6. The van der Waals surface area contributed by atoms with Crippen LogP contribution >= 0.6 is 11.6 Å². The van der Waals surface area contributed by atoms with Gasteiger partial charge in [-0.05, 0) is 39.2 Å². The van der Waals surface area contributed by atoms with Crippen molar-refractivity contribution in [3.63, 3.8) is 0 Å². The summed E-state index contributed by atoms with van der Waals surface area (Å²) in [6.07, 6.45) is 2.67. The molecule has 1 aliphatic rings. The number of aromatic nitrogens is 2. The molecule has 0 radical (unpaired) electrons. The van der Waals surface area contributed by atoms with Gasteiger partial charge in [-0.25, -0.2) is 14.4 Å². The van der Waals surface area contributed by atoms with E-state index in [2.05, 4.69) is 25.9 Å². The van der Waals surface area contributed by atoms with Gasteiger partial charge < -0.3 is 26.2 Å². The molecule has 2 aromatic heterocycles. The molecule has 11 heteroatoms. The van der Waals surface area contributed by atoms with E-state index in [0.29, 0.717) is 23.5 Å². The number of anilines is 3. The molecule has 3 atom stereocenters. The van der Waals surface area contributed by atoms with Gasteiger partial charge >= 0.3 is 0 Å². The summed E-state index contributed by atoms with van der Waals surface area (Å²) in [4.78, 5) is 21.1. The fourth-order valence-electron chi connectivity index (χ4n) is 3.37. The van der Waals surface area contributed by atoms with Crippen LogP contribution in [0.25, 0.3) is 0 Å². The van der Waals surface area contributed by atoms with E-state index in [4.69, 9.17) is 16.9 Å². The molecule has 9 nitrogen and oxygen atoms in total. The fourth-order valence-corrected chi connectivity index (χ4v) is 3.59. The van der Waals surface area contributed by atoms with E-state index in [1.54, 1.807) is 6.07 Å². The average Bonchev–Trinajstić information content (AvgIpc) is 3.17. The number of nitrogens with one attached hydrogen (secondary N) is 3. The number of hydrogen-bond donors (Lipinski definition) is 5. The lowest BCUT2D eigenvalue weighted by Crippen LogP contribution is -2.42. The second-order valence-electron chi connectivity index (χ2n) is 8.49. The van der Waals surface area contributed by atoms with E-state index in [9.17, 15) is 19.4 Å². The quantitative estimate of drug-likeness (QED) is 0.391. The van der Waals surface area contributed by atoms with Gasteiger partial charge in [0.15, 0.2) is 0 Å². The summed E-state index contributed by atoms with van der Waals surface area (Å²) >= 11 is 6.17. The summed E-state index contributed by atoms with van der Waals surface area (Å²) in [7, 11) is 0. The number of carbonyl (C=O) groups excluding carboxylic acids is 1. The summed E-state index contributed by atoms with van der Waals surface area (Å²) in [6.45, 7) is 2.27. The number of aliphatic hydroxyl groups excluding tert-OH is 1. The Morgan fingerprint density at radius 2 is 2.12 bits per heavy atom. The van der Waals surface area contributed by atoms with Gasteiger partial charge in [-0.2, -0.15) is 5.26 Å². The normalized spacial score (nSPS) is 18.9. The van der Waals surface area contributed by atoms with Crippen LogP contribution in [0.15, 0.2) is 24.5 Å². The van der Waals surface area contributed by atoms with Crippen molar-refractivity contribution in [3.05, 3.63) is 40.7 Å². The predicted octanol–water partition coefficient (Wildman–Crippen LogP) is 2.91. The molecule has 0 bridgehead atoms. The maximum Gasteiger partial charge on any atom is 0.255 e. The molecule has 2 heterocycles. The number of alkyl halides is 1. The van der Waals surface area contributed by atoms with Crippen molar-refractivity contribution in [2.45, 2.75) is 57.0 Å². The highest BCUT2D eigenvalue weighted by Crippen LogP contribution is 2.29. The van der Waals surface area contributed by atoms with Crippen molar-refractivity contribution in [2.75, 3.05) is 17.2 Å². The fraction of sp³-hybridized carbons (Fsp3) is 0.455. The minimum atomic E-state index is -1.66. The van der Waals surface area contributed by atoms with Crippen molar-refractivity contribution >= 4 is 34.8 Å². The Morgan fingerprint density at radius 1 is 1.36 bits per heavy atom. The van der Waals surface area contributed by atoms with E-state index >= 15 is 0 Å². The molecule has 1 saturated carbocycles. The van der Waals surface area contributed by atoms with Gasteiger partial charge in [-0.3, -0.25) is 4.79 Å². The number of nitriles is 1. The standard InChI is InChI=1S/C22H26ClFN6O3/c1-22(2,33)18(24)11-28-21(32)13-10-26-19(7-16(13)29-15-4-3-5-17(15)31)30-20-14(23)6-12(8-25)9-27-20/h6-7,9-10,15,17-18,31,33H,3-5,11H2,1-2H3,(H,28,32)(H2,26,27,29,30). The van der Waals surface area contributed by atoms with Crippen LogP contribution in [0.2, 0.25) is 5.02 Å². The Kier molecular flexibility index (Phi) is 7.68. The van der Waals surface area contributed by atoms with Gasteiger partial charge in [-0.15, -0.1) is 0 Å². The summed E-state index contributed by atoms with van der Waals surface area (Å²) < 4.78 is 14.1. The Labute approximate surface area is 196 Å². The van der Waals surface area contributed by atoms with Gasteiger partial charge in [0, 0.05) is 18.5 Å². The largest absolute Gasteiger partial charge is 0.391 e. The SMILES string of the molecule is CC(C)(O)C(F)CNC(=O)c1cnc(Nc2ncc(C#N)cc2Cl)cc1NC1CCCC1O. The second kappa shape index (κ2) is 10.3. The lowest BCUT2D eigenvalue weighted by atomic mass is 10.0. The Balaban J connectivity index is 1.84. The molecule has 3 unspecified atom stereocenters. The molecule has 1 amide bonds. The highest BCUT2D eigenvalue weighted by molar-refractivity contribution is 6.33. The summed E-state index contributed by atoms with van der Waals surface area (Å²) in [5.41, 5.74) is -0.747. The van der Waals surface area contributed by atoms with Crippen LogP contribution in [0.5, 0.6) is 0 Å². The zero-order valence-electron chi connectivity index (χ0n) is 18.3. The van der Waals surface area contributed by atoms with E-state index in [-0.39, 0.29) is 29.0 Å². The monoisotopic (exact) mass is 476 g/mol. The third-order valence-electron chi connectivity index (χ3n) is 5.39. The molecule has 176 valence electrons. The Morgan fingerprint density at radius 3 is 2.73 bits per heavy atom. The van der Waals surface area contributed by atoms with Crippen molar-refractivity contribution in [1.82, 2.24) is 15.3 Å². The van der Waals surface area contributed by atoms with E-state index in [0.717, 1.165) is 12.8 Å². The van der Waals surface area contributed by atoms with E-state index in [1.807, 2.05) is 6.07 Å². The molecule has 1 fully saturated rings. The average molecular weight is 477 g/mol. The maximum absolute atomic E-state index is 14.1. The number of carbonyl (C=O) groups is 1. The third kappa shape index (κ3) is 6.28. The zero-order chi connectivity index (χ0) is 24.2. The summed E-state index contributed by atoms with van der Waals surface area (Å²) in [5.74, 6) is 0.0173. The summed E-state index contributed by atoms with van der Waals surface area (Å²) in [6, 6.07) is 4.72. The number of amides is 1. The van der Waals surface area contributed by atoms with Gasteiger partial charge in [0.1, 0.15) is 23.9 Å². The molecule has 0 saturated heterocycles. The topological polar surface area (TPSA) is 143 Å². The van der Waals surface area contributed by atoms with Crippen molar-refractivity contribution in [3.8, 4) is 6.07 Å². The minimum Gasteiger partial charge on any atom is -0.391 e. The zero-order valence-corrected chi connectivity index (χ0v) is 19.0. The van der Waals surface area contributed by atoms with Crippen molar-refractivity contribution in [2.24, 2.45) is 0 Å². The summed E-state index contributed by atoms with van der Waals surface area (Å²) in [5, 5.41) is 37.7. The first-order chi connectivity index (χ1) is 15.6. The molecule has 5 N–H and O–H groups in total. The number of halogens is 2. The Bertz CT molecular complexity index is 1060. The highest BCUT2D eigenvalue weighted by Gasteiger charge is 2.29. The molecule has 0 aromatic carbocycles. The maximum atomic E-state index is 14.1. The number of nitrogens with zero attached hydrogens (tertiary/aromatic N) is 3. The van der Waals surface area contributed by atoms with E-state index in [1.165, 1.54) is 32.3 Å². The number of pyridine rings is 2. The van der Waals surface area contributed by atoms with E-state index < -0.39 is 23.8 Å². The van der Waals surface area contributed by atoms with Gasteiger partial charge in [0.25, 0.3) is 5.91 Å². The van der Waals surface area contributed by atoms with Gasteiger partial charge in [-0.1, -0.05) is 11.6 Å². The first-order valence-electron chi connectivity index (χ1n) is 10.5. The lowest BCUT2D eigenvalue weighted by Gasteiger charge is -2.23. The van der Waals surface area contributed by atoms with Crippen LogP contribution < -0.4 is 16.0 Å². The van der Waals surface area contributed by atoms with Gasteiger partial charge in [0.05, 0.1) is 46.1 Å². The van der Waals surface area contributed by atoms with Crippen LogP contribution in [-0.2, 0) is 0 Å². The molecule has 2 aromatic rings. The smallest absolute Gasteiger partial charge is 0.255 e. The molecule has 33 heavy (non-hydrogen) atoms. The van der Waals surface area contributed by atoms with Crippen molar-refractivity contribution in [1.29, 1.82) is 5.26 Å². The molecule has 1 aliphatic carbocycles. The molecule has 0 aliphatic heterocycles. The van der Waals surface area contributed by atoms with Crippen LogP contribution in [0.4, 0.5) is 21.7 Å². The molecular formula is C22H26ClFN6O3. The van der Waals surface area contributed by atoms with Crippen LogP contribution in [0, 0.1) is 11.3 Å². The Hall–Kier alpha value is -3.00. The van der Waals surface area contributed by atoms with Crippen LogP contribution in [0.3, 0.4) is 0 Å². The molecule has 3 rings (SSSR count). The van der Waals surface area contributed by atoms with Crippen LogP contribution in [-0.4, -0.2) is 56.6 Å². The third-order valence-corrected chi connectivity index (χ3v) is 5.68. The predicted molar refractivity (Wildman–Crippen MR) is 122 cm³/mol. The molecule has 0 spiro atoms. The highest BCUT2D eigenvalue weighted by atomic mass is 35.5. The number of aliphatic hydroxyl groups is 2. The first-order valence-corrected chi connectivity index (χ1v) is 10.9.